The van der Waals surface area contributed by atoms with Gasteiger partial charge in [0.05, 0.1) is 27.2 Å². The molecule has 0 saturated carbocycles. The molecule has 0 unspecified atom stereocenters. The molecule has 0 saturated heterocycles. The smallest absolute Gasteiger partial charge is 0.264 e. The van der Waals surface area contributed by atoms with E-state index in [0.29, 0.717) is 35.8 Å². The first-order valence-corrected chi connectivity index (χ1v) is 16.2. The molecule has 16 heteroatoms. The quantitative estimate of drug-likeness (QED) is 0.147. The van der Waals surface area contributed by atoms with Gasteiger partial charge in [-0.25, -0.2) is 4.68 Å². The number of nitrogens with zero attached hydrogens (tertiary/aromatic N) is 6. The van der Waals surface area contributed by atoms with Crippen molar-refractivity contribution in [3.63, 3.8) is 0 Å². The van der Waals surface area contributed by atoms with Gasteiger partial charge in [0.15, 0.2) is 5.82 Å². The van der Waals surface area contributed by atoms with Crippen LogP contribution in [0.1, 0.15) is 59.2 Å². The molecule has 0 atom stereocenters. The molecule has 0 aliphatic rings. The Hall–Kier alpha value is -4.03. The number of hydrogen-bond donors (Lipinski definition) is 3. The van der Waals surface area contributed by atoms with E-state index in [2.05, 4.69) is 32.0 Å². The SMILES string of the molecule is CCN(CCCS(=O)(=O)O)c1ccc(/N=N/c2c(C#N)c(C(C)(C)C)nn2-c2c(Cl)cc(NC(C)=O)cc2Cl)c(NC(C)=O)c1. The summed E-state index contributed by atoms with van der Waals surface area (Å²) < 4.78 is 32.7. The molecule has 240 valence electrons. The van der Waals surface area contributed by atoms with Crippen molar-refractivity contribution in [2.75, 3.05) is 34.4 Å². The Balaban J connectivity index is 2.16. The Labute approximate surface area is 272 Å². The summed E-state index contributed by atoms with van der Waals surface area (Å²) in [6, 6.07) is 10.2. The summed E-state index contributed by atoms with van der Waals surface area (Å²) in [5, 5.41) is 29.3. The van der Waals surface area contributed by atoms with Gasteiger partial charge in [0.25, 0.3) is 10.1 Å². The number of amides is 2. The van der Waals surface area contributed by atoms with Crippen molar-refractivity contribution < 1.29 is 22.6 Å². The standard InChI is InChI=1S/C29H34Cl2N8O5S/c1-7-38(11-8-12-45(42,43)44)20-9-10-24(25(15-20)34-18(3)41)35-36-28-21(16-32)27(29(4,5)6)37-39(28)26-22(30)13-19(14-23(26)31)33-17(2)40/h9-10,13-15H,7-8,11-12H2,1-6H3,(H,33,40)(H,34,41)(H,42,43,44)/b36-35+. The van der Waals surface area contributed by atoms with Gasteiger partial charge in [-0.05, 0) is 43.7 Å². The van der Waals surface area contributed by atoms with Gasteiger partial charge in [-0.2, -0.15) is 18.8 Å². The van der Waals surface area contributed by atoms with Crippen LogP contribution in [-0.2, 0) is 25.1 Å². The zero-order chi connectivity index (χ0) is 33.7. The van der Waals surface area contributed by atoms with Crippen LogP contribution in [0.3, 0.4) is 0 Å². The molecule has 2 amide bonds. The largest absolute Gasteiger partial charge is 0.372 e. The minimum atomic E-state index is -4.10. The number of nitrogens with one attached hydrogen (secondary N) is 2. The predicted molar refractivity (Wildman–Crippen MR) is 175 cm³/mol. The van der Waals surface area contributed by atoms with Crippen LogP contribution in [0.15, 0.2) is 40.6 Å². The summed E-state index contributed by atoms with van der Waals surface area (Å²) in [6.45, 7) is 11.1. The van der Waals surface area contributed by atoms with E-state index in [1.807, 2.05) is 32.6 Å². The second-order valence-corrected chi connectivity index (χ2v) is 13.5. The topological polar surface area (TPSA) is 182 Å². The van der Waals surface area contributed by atoms with Crippen LogP contribution >= 0.6 is 23.2 Å². The molecule has 45 heavy (non-hydrogen) atoms. The fourth-order valence-electron chi connectivity index (χ4n) is 4.44. The maximum Gasteiger partial charge on any atom is 0.264 e. The van der Waals surface area contributed by atoms with Gasteiger partial charge in [0.2, 0.25) is 11.8 Å². The fourth-order valence-corrected chi connectivity index (χ4v) is 5.58. The highest BCUT2D eigenvalue weighted by Crippen LogP contribution is 2.40. The first-order valence-electron chi connectivity index (χ1n) is 13.8. The first kappa shape index (κ1) is 35.4. The van der Waals surface area contributed by atoms with Gasteiger partial charge in [-0.1, -0.05) is 44.0 Å². The lowest BCUT2D eigenvalue weighted by molar-refractivity contribution is -0.115. The molecular weight excluding hydrogens is 643 g/mol. The molecule has 2 aromatic carbocycles. The number of halogens is 2. The van der Waals surface area contributed by atoms with Crippen LogP contribution in [0.4, 0.5) is 28.6 Å². The third kappa shape index (κ3) is 9.24. The van der Waals surface area contributed by atoms with Gasteiger partial charge < -0.3 is 15.5 Å². The first-order chi connectivity index (χ1) is 20.9. The molecule has 13 nitrogen and oxygen atoms in total. The molecule has 3 N–H and O–H groups in total. The zero-order valence-electron chi connectivity index (χ0n) is 25.6. The van der Waals surface area contributed by atoms with Crippen LogP contribution in [0, 0.1) is 11.3 Å². The number of carbonyl (C=O) groups excluding carboxylic acids is 2. The number of anilines is 3. The van der Waals surface area contributed by atoms with Crippen LogP contribution in [0.2, 0.25) is 10.0 Å². The molecule has 0 spiro atoms. The lowest BCUT2D eigenvalue weighted by atomic mass is 9.90. The van der Waals surface area contributed by atoms with Crippen molar-refractivity contribution in [3.8, 4) is 11.8 Å². The van der Waals surface area contributed by atoms with Gasteiger partial charge in [0, 0.05) is 43.7 Å². The van der Waals surface area contributed by atoms with E-state index in [4.69, 9.17) is 27.8 Å². The monoisotopic (exact) mass is 676 g/mol. The fraction of sp³-hybridized carbons (Fsp3) is 0.379. The Morgan fingerprint density at radius 2 is 1.71 bits per heavy atom. The molecule has 3 aromatic rings. The van der Waals surface area contributed by atoms with Crippen LogP contribution in [-0.4, -0.2) is 53.4 Å². The van der Waals surface area contributed by atoms with Gasteiger partial charge >= 0.3 is 0 Å². The normalized spacial score (nSPS) is 11.8. The summed E-state index contributed by atoms with van der Waals surface area (Å²) in [7, 11) is -4.10. The minimum absolute atomic E-state index is 0.0387. The number of rotatable bonds is 11. The van der Waals surface area contributed by atoms with Gasteiger partial charge in [-0.15, -0.1) is 10.2 Å². The third-order valence-electron chi connectivity index (χ3n) is 6.35. The molecule has 0 fully saturated rings. The molecule has 0 bridgehead atoms. The Morgan fingerprint density at radius 1 is 1.09 bits per heavy atom. The van der Waals surface area contributed by atoms with Crippen LogP contribution in [0.5, 0.6) is 0 Å². The van der Waals surface area contributed by atoms with Crippen molar-refractivity contribution in [1.29, 1.82) is 5.26 Å². The minimum Gasteiger partial charge on any atom is -0.372 e. The van der Waals surface area contributed by atoms with Gasteiger partial charge in [-0.3, -0.25) is 14.1 Å². The molecule has 1 heterocycles. The molecule has 3 rings (SSSR count). The molecule has 1 aromatic heterocycles. The summed E-state index contributed by atoms with van der Waals surface area (Å²) in [5.41, 5.74) is 1.80. The van der Waals surface area contributed by atoms with E-state index >= 15 is 0 Å². The Morgan fingerprint density at radius 3 is 2.22 bits per heavy atom. The summed E-state index contributed by atoms with van der Waals surface area (Å²) in [4.78, 5) is 25.5. The van der Waals surface area contributed by atoms with Crippen molar-refractivity contribution in [2.45, 2.75) is 53.4 Å². The van der Waals surface area contributed by atoms with E-state index in [1.54, 1.807) is 18.2 Å². The van der Waals surface area contributed by atoms with E-state index in [9.17, 15) is 23.3 Å². The number of benzene rings is 2. The maximum atomic E-state index is 12.1. The van der Waals surface area contributed by atoms with Gasteiger partial charge in [0.1, 0.15) is 23.0 Å². The number of carbonyl (C=O) groups is 2. The number of azo groups is 1. The van der Waals surface area contributed by atoms with E-state index < -0.39 is 15.5 Å². The summed E-state index contributed by atoms with van der Waals surface area (Å²) in [5.74, 6) is -1.03. The lowest BCUT2D eigenvalue weighted by Crippen LogP contribution is -2.25. The number of aromatic nitrogens is 2. The Kier molecular flexibility index (Phi) is 11.3. The molecule has 0 radical (unpaired) electrons. The molecular formula is C29H34Cl2N8O5S. The highest BCUT2D eigenvalue weighted by molar-refractivity contribution is 7.85. The number of hydrogen-bond acceptors (Lipinski definition) is 9. The van der Waals surface area contributed by atoms with Crippen molar-refractivity contribution in [2.24, 2.45) is 10.2 Å². The lowest BCUT2D eigenvalue weighted by Gasteiger charge is -2.24. The second-order valence-electron chi connectivity index (χ2n) is 11.1. The molecule has 0 aliphatic heterocycles. The Bertz CT molecular complexity index is 1770. The van der Waals surface area contributed by atoms with Crippen molar-refractivity contribution >= 4 is 73.7 Å². The summed E-state index contributed by atoms with van der Waals surface area (Å²) in [6.07, 6.45) is 0.192. The number of nitriles is 1. The van der Waals surface area contributed by atoms with E-state index in [-0.39, 0.29) is 56.8 Å². The second kappa shape index (κ2) is 14.4. The average molecular weight is 678 g/mol. The maximum absolute atomic E-state index is 12.1. The van der Waals surface area contributed by atoms with Crippen LogP contribution < -0.4 is 15.5 Å². The van der Waals surface area contributed by atoms with E-state index in [1.165, 1.54) is 30.7 Å². The third-order valence-corrected chi connectivity index (χ3v) is 7.73. The van der Waals surface area contributed by atoms with E-state index in [0.717, 1.165) is 0 Å². The van der Waals surface area contributed by atoms with Crippen LogP contribution in [0.25, 0.3) is 5.69 Å². The highest BCUT2D eigenvalue weighted by Gasteiger charge is 2.29. The van der Waals surface area contributed by atoms with Crippen molar-refractivity contribution in [3.05, 3.63) is 51.6 Å². The molecule has 0 aliphatic carbocycles. The zero-order valence-corrected chi connectivity index (χ0v) is 28.0. The average Bonchev–Trinajstić information content (AvgIpc) is 3.27. The highest BCUT2D eigenvalue weighted by atomic mass is 35.5. The van der Waals surface area contributed by atoms with Crippen molar-refractivity contribution in [1.82, 2.24) is 9.78 Å². The summed E-state index contributed by atoms with van der Waals surface area (Å²) >= 11 is 13.2. The predicted octanol–water partition coefficient (Wildman–Crippen LogP) is 6.78.